The number of aliphatic imine (C=N–C) groups is 1. The number of hydrogen-bond acceptors (Lipinski definition) is 3. The van der Waals surface area contributed by atoms with E-state index in [0.29, 0.717) is 6.54 Å². The molecule has 2 aliphatic rings. The van der Waals surface area contributed by atoms with Crippen LogP contribution in [0.15, 0.2) is 75.3 Å². The van der Waals surface area contributed by atoms with Crippen LogP contribution in [0.4, 0.5) is 5.69 Å². The number of carbonyl (C=O) groups excluding carboxylic acids is 1. The number of nitrogens with zero attached hydrogens (tertiary/aromatic N) is 3. The minimum absolute atomic E-state index is 0.0399. The van der Waals surface area contributed by atoms with E-state index in [9.17, 15) is 4.79 Å². The molecule has 1 amide bonds. The molecule has 4 rings (SSSR count). The smallest absolute Gasteiger partial charge is 0.275 e. The Morgan fingerprint density at radius 3 is 2.46 bits per heavy atom. The van der Waals surface area contributed by atoms with Gasteiger partial charge in [-0.2, -0.15) is 0 Å². The van der Waals surface area contributed by atoms with E-state index in [0.717, 1.165) is 39.3 Å². The van der Waals surface area contributed by atoms with Gasteiger partial charge in [0, 0.05) is 35.0 Å². The standard InChI is InChI=1S/C21H20BrN3O/c1-14-18-19(15-8-10-16(22)11-9-15)25(17-6-4-3-5-7-17)21(26)20(18)24(2)13-12-23-14/h3-11,19H,12-13H2,1-2H3. The van der Waals surface area contributed by atoms with Crippen LogP contribution in [0.5, 0.6) is 0 Å². The Balaban J connectivity index is 1.93. The van der Waals surface area contributed by atoms with Crippen LogP contribution in [-0.4, -0.2) is 36.7 Å². The van der Waals surface area contributed by atoms with Crippen molar-refractivity contribution in [3.8, 4) is 0 Å². The van der Waals surface area contributed by atoms with Crippen molar-refractivity contribution < 1.29 is 4.79 Å². The van der Waals surface area contributed by atoms with Gasteiger partial charge in [-0.1, -0.05) is 46.3 Å². The summed E-state index contributed by atoms with van der Waals surface area (Å²) in [6, 6.07) is 17.9. The number of para-hydroxylation sites is 1. The summed E-state index contributed by atoms with van der Waals surface area (Å²) in [7, 11) is 1.98. The minimum Gasteiger partial charge on any atom is -0.368 e. The van der Waals surface area contributed by atoms with Gasteiger partial charge in [0.15, 0.2) is 0 Å². The largest absolute Gasteiger partial charge is 0.368 e. The van der Waals surface area contributed by atoms with E-state index in [1.807, 2.05) is 66.2 Å². The molecule has 0 radical (unpaired) electrons. The summed E-state index contributed by atoms with van der Waals surface area (Å²) in [6.45, 7) is 3.47. The van der Waals surface area contributed by atoms with Crippen LogP contribution in [0.1, 0.15) is 18.5 Å². The Kier molecular flexibility index (Phi) is 4.41. The normalized spacial score (nSPS) is 20.2. The molecular weight excluding hydrogens is 390 g/mol. The predicted molar refractivity (Wildman–Crippen MR) is 108 cm³/mol. The van der Waals surface area contributed by atoms with E-state index in [2.05, 4.69) is 28.1 Å². The van der Waals surface area contributed by atoms with Gasteiger partial charge in [-0.3, -0.25) is 14.7 Å². The highest BCUT2D eigenvalue weighted by Crippen LogP contribution is 2.43. The highest BCUT2D eigenvalue weighted by atomic mass is 79.9. The van der Waals surface area contributed by atoms with Crippen LogP contribution < -0.4 is 4.90 Å². The van der Waals surface area contributed by atoms with Gasteiger partial charge in [-0.25, -0.2) is 0 Å². The molecule has 0 N–H and O–H groups in total. The molecule has 2 aliphatic heterocycles. The van der Waals surface area contributed by atoms with Gasteiger partial charge in [-0.15, -0.1) is 0 Å². The molecule has 132 valence electrons. The molecule has 5 heteroatoms. The van der Waals surface area contributed by atoms with Crippen molar-refractivity contribution in [1.82, 2.24) is 4.90 Å². The van der Waals surface area contributed by atoms with Gasteiger partial charge in [0.25, 0.3) is 5.91 Å². The number of benzene rings is 2. The Hall–Kier alpha value is -2.40. The average molecular weight is 410 g/mol. The average Bonchev–Trinajstić information content (AvgIpc) is 2.87. The maximum Gasteiger partial charge on any atom is 0.275 e. The lowest BCUT2D eigenvalue weighted by atomic mass is 9.95. The molecule has 0 bridgehead atoms. The molecule has 1 unspecified atom stereocenters. The van der Waals surface area contributed by atoms with Gasteiger partial charge < -0.3 is 4.90 Å². The molecular formula is C21H20BrN3O. The van der Waals surface area contributed by atoms with Crippen molar-refractivity contribution in [3.63, 3.8) is 0 Å². The van der Waals surface area contributed by atoms with E-state index >= 15 is 0 Å². The number of carbonyl (C=O) groups is 1. The summed E-state index contributed by atoms with van der Waals surface area (Å²) >= 11 is 3.50. The van der Waals surface area contributed by atoms with Crippen molar-refractivity contribution in [2.75, 3.05) is 25.0 Å². The minimum atomic E-state index is -0.169. The molecule has 26 heavy (non-hydrogen) atoms. The molecule has 0 fully saturated rings. The van der Waals surface area contributed by atoms with Gasteiger partial charge in [0.2, 0.25) is 0 Å². The first kappa shape index (κ1) is 17.0. The number of anilines is 1. The van der Waals surface area contributed by atoms with Crippen LogP contribution in [-0.2, 0) is 4.79 Å². The zero-order chi connectivity index (χ0) is 18.3. The number of rotatable bonds is 2. The molecule has 0 saturated heterocycles. The fraction of sp³-hybridized carbons (Fsp3) is 0.238. The second kappa shape index (κ2) is 6.72. The third-order valence-corrected chi connectivity index (χ3v) is 5.51. The maximum atomic E-state index is 13.5. The van der Waals surface area contributed by atoms with Gasteiger partial charge in [-0.05, 0) is 36.8 Å². The number of halogens is 1. The molecule has 0 spiro atoms. The van der Waals surface area contributed by atoms with E-state index < -0.39 is 0 Å². The highest BCUT2D eigenvalue weighted by molar-refractivity contribution is 9.10. The van der Waals surface area contributed by atoms with Crippen molar-refractivity contribution in [2.24, 2.45) is 4.99 Å². The number of likely N-dealkylation sites (N-methyl/N-ethyl adjacent to an activating group) is 1. The molecule has 0 aliphatic carbocycles. The lowest BCUT2D eigenvalue weighted by molar-refractivity contribution is -0.116. The first-order valence-corrected chi connectivity index (χ1v) is 9.48. The van der Waals surface area contributed by atoms with E-state index in [1.54, 1.807) is 0 Å². The molecule has 2 heterocycles. The Morgan fingerprint density at radius 2 is 1.77 bits per heavy atom. The highest BCUT2D eigenvalue weighted by Gasteiger charge is 2.44. The summed E-state index contributed by atoms with van der Waals surface area (Å²) < 4.78 is 1.02. The molecule has 4 nitrogen and oxygen atoms in total. The zero-order valence-electron chi connectivity index (χ0n) is 14.8. The second-order valence-corrected chi connectivity index (χ2v) is 7.53. The molecule has 2 aromatic carbocycles. The summed E-state index contributed by atoms with van der Waals surface area (Å²) in [5, 5.41) is 0. The molecule has 0 saturated carbocycles. The van der Waals surface area contributed by atoms with Gasteiger partial charge in [0.1, 0.15) is 5.70 Å². The van der Waals surface area contributed by atoms with Crippen LogP contribution in [0, 0.1) is 0 Å². The molecule has 2 aromatic rings. The Labute approximate surface area is 162 Å². The van der Waals surface area contributed by atoms with Crippen molar-refractivity contribution in [2.45, 2.75) is 13.0 Å². The van der Waals surface area contributed by atoms with Gasteiger partial charge >= 0.3 is 0 Å². The lowest BCUT2D eigenvalue weighted by Gasteiger charge is -2.28. The molecule has 0 aromatic heterocycles. The van der Waals surface area contributed by atoms with Crippen LogP contribution in [0.3, 0.4) is 0 Å². The van der Waals surface area contributed by atoms with Gasteiger partial charge in [0.05, 0.1) is 12.6 Å². The van der Waals surface area contributed by atoms with Crippen molar-refractivity contribution in [3.05, 3.63) is 75.9 Å². The fourth-order valence-electron chi connectivity index (χ4n) is 3.72. The van der Waals surface area contributed by atoms with Crippen LogP contribution in [0.25, 0.3) is 0 Å². The van der Waals surface area contributed by atoms with Crippen molar-refractivity contribution in [1.29, 1.82) is 0 Å². The second-order valence-electron chi connectivity index (χ2n) is 6.62. The van der Waals surface area contributed by atoms with Crippen molar-refractivity contribution >= 4 is 33.2 Å². The van der Waals surface area contributed by atoms with E-state index in [4.69, 9.17) is 4.99 Å². The third kappa shape index (κ3) is 2.76. The quantitative estimate of drug-likeness (QED) is 0.744. The monoisotopic (exact) mass is 409 g/mol. The van der Waals surface area contributed by atoms with Crippen LogP contribution in [0.2, 0.25) is 0 Å². The predicted octanol–water partition coefficient (Wildman–Crippen LogP) is 4.20. The topological polar surface area (TPSA) is 35.9 Å². The lowest BCUT2D eigenvalue weighted by Crippen LogP contribution is -2.34. The summed E-state index contributed by atoms with van der Waals surface area (Å²) in [4.78, 5) is 22.1. The summed E-state index contributed by atoms with van der Waals surface area (Å²) in [6.07, 6.45) is 0. The Bertz CT molecular complexity index is 903. The summed E-state index contributed by atoms with van der Waals surface area (Å²) in [5.41, 5.74) is 4.71. The number of hydrogen-bond donors (Lipinski definition) is 0. The maximum absolute atomic E-state index is 13.5. The molecule has 1 atom stereocenters. The van der Waals surface area contributed by atoms with Crippen LogP contribution >= 0.6 is 15.9 Å². The first-order chi connectivity index (χ1) is 12.6. The fourth-order valence-corrected chi connectivity index (χ4v) is 3.99. The third-order valence-electron chi connectivity index (χ3n) is 4.98. The Morgan fingerprint density at radius 1 is 1.08 bits per heavy atom. The number of amides is 1. The SMILES string of the molecule is CC1=NCCN(C)C2=C1C(c1ccc(Br)cc1)N(c1ccccc1)C2=O. The first-order valence-electron chi connectivity index (χ1n) is 8.68. The van der Waals surface area contributed by atoms with E-state index in [1.165, 1.54) is 0 Å². The zero-order valence-corrected chi connectivity index (χ0v) is 16.4. The van der Waals surface area contributed by atoms with E-state index in [-0.39, 0.29) is 11.9 Å². The summed E-state index contributed by atoms with van der Waals surface area (Å²) in [5.74, 6) is 0.0399.